The lowest BCUT2D eigenvalue weighted by Gasteiger charge is -2.19. The molecule has 1 unspecified atom stereocenters. The first-order chi connectivity index (χ1) is 9.60. The van der Waals surface area contributed by atoms with E-state index in [1.807, 2.05) is 25.2 Å². The van der Waals surface area contributed by atoms with Gasteiger partial charge < -0.3 is 15.0 Å². The van der Waals surface area contributed by atoms with Crippen LogP contribution in [0.4, 0.5) is 0 Å². The monoisotopic (exact) mass is 314 g/mol. The van der Waals surface area contributed by atoms with E-state index in [4.69, 9.17) is 4.74 Å². The number of para-hydroxylation sites is 1. The van der Waals surface area contributed by atoms with Gasteiger partial charge in [0.1, 0.15) is 5.75 Å². The van der Waals surface area contributed by atoms with Crippen molar-refractivity contribution < 1.29 is 9.53 Å². The Morgan fingerprint density at radius 2 is 2.05 bits per heavy atom. The van der Waals surface area contributed by atoms with Crippen LogP contribution in [0.5, 0.6) is 5.75 Å². The standard InChI is InChI=1S/C16H26N2O2.ClH/c1-5-13(2)14-8-6-7-9-15(14)20-12-16(19)18(4)11-10-17-3;/h6-9,13,17H,5,10-12H2,1-4H3;1H. The Morgan fingerprint density at radius 3 is 2.67 bits per heavy atom. The maximum Gasteiger partial charge on any atom is 0.260 e. The summed E-state index contributed by atoms with van der Waals surface area (Å²) in [7, 11) is 3.67. The molecule has 0 aromatic heterocycles. The van der Waals surface area contributed by atoms with E-state index in [9.17, 15) is 4.79 Å². The molecule has 1 N–H and O–H groups in total. The Bertz CT molecular complexity index is 426. The van der Waals surface area contributed by atoms with E-state index in [0.717, 1.165) is 18.7 Å². The molecular formula is C16H27ClN2O2. The molecule has 1 amide bonds. The highest BCUT2D eigenvalue weighted by Gasteiger charge is 2.13. The maximum absolute atomic E-state index is 11.9. The van der Waals surface area contributed by atoms with E-state index in [1.165, 1.54) is 5.56 Å². The van der Waals surface area contributed by atoms with Gasteiger partial charge in [0.05, 0.1) is 0 Å². The van der Waals surface area contributed by atoms with Crippen LogP contribution in [0.15, 0.2) is 24.3 Å². The number of likely N-dealkylation sites (N-methyl/N-ethyl adjacent to an activating group) is 2. The Hall–Kier alpha value is -1.26. The number of carbonyl (C=O) groups is 1. The van der Waals surface area contributed by atoms with Gasteiger partial charge in [-0.05, 0) is 31.0 Å². The van der Waals surface area contributed by atoms with Gasteiger partial charge in [-0.2, -0.15) is 0 Å². The van der Waals surface area contributed by atoms with Crippen LogP contribution >= 0.6 is 12.4 Å². The molecule has 0 fully saturated rings. The average Bonchev–Trinajstić information content (AvgIpc) is 2.49. The van der Waals surface area contributed by atoms with Crippen molar-refractivity contribution in [2.45, 2.75) is 26.2 Å². The molecule has 0 heterocycles. The highest BCUT2D eigenvalue weighted by Crippen LogP contribution is 2.28. The van der Waals surface area contributed by atoms with Gasteiger partial charge in [-0.1, -0.05) is 32.0 Å². The lowest BCUT2D eigenvalue weighted by molar-refractivity contribution is -0.132. The first-order valence-electron chi connectivity index (χ1n) is 7.20. The van der Waals surface area contributed by atoms with Gasteiger partial charge in [-0.25, -0.2) is 0 Å². The fraction of sp³-hybridized carbons (Fsp3) is 0.562. The number of nitrogens with one attached hydrogen (secondary N) is 1. The summed E-state index contributed by atoms with van der Waals surface area (Å²) in [5, 5.41) is 3.02. The van der Waals surface area contributed by atoms with Crippen LogP contribution in [-0.4, -0.2) is 44.6 Å². The quantitative estimate of drug-likeness (QED) is 0.802. The van der Waals surface area contributed by atoms with Gasteiger partial charge >= 0.3 is 0 Å². The molecule has 1 rings (SSSR count). The predicted molar refractivity (Wildman–Crippen MR) is 89.5 cm³/mol. The molecule has 4 nitrogen and oxygen atoms in total. The molecule has 0 saturated carbocycles. The second-order valence-electron chi connectivity index (χ2n) is 5.05. The molecule has 0 radical (unpaired) electrons. The smallest absolute Gasteiger partial charge is 0.260 e. The largest absolute Gasteiger partial charge is 0.483 e. The summed E-state index contributed by atoms with van der Waals surface area (Å²) in [6.07, 6.45) is 1.05. The van der Waals surface area contributed by atoms with E-state index in [2.05, 4.69) is 25.2 Å². The third-order valence-electron chi connectivity index (χ3n) is 3.54. The van der Waals surface area contributed by atoms with Gasteiger partial charge in [0, 0.05) is 20.1 Å². The zero-order valence-corrected chi connectivity index (χ0v) is 14.2. The lowest BCUT2D eigenvalue weighted by atomic mass is 9.98. The van der Waals surface area contributed by atoms with Crippen molar-refractivity contribution >= 4 is 18.3 Å². The molecule has 0 aliphatic carbocycles. The SMILES string of the molecule is CCC(C)c1ccccc1OCC(=O)N(C)CCNC.Cl. The number of benzene rings is 1. The first kappa shape index (κ1) is 19.7. The van der Waals surface area contributed by atoms with E-state index in [0.29, 0.717) is 12.5 Å². The minimum atomic E-state index is -0.000736. The zero-order valence-electron chi connectivity index (χ0n) is 13.4. The predicted octanol–water partition coefficient (Wildman–Crippen LogP) is 2.68. The third-order valence-corrected chi connectivity index (χ3v) is 3.54. The summed E-state index contributed by atoms with van der Waals surface area (Å²) < 4.78 is 5.71. The summed E-state index contributed by atoms with van der Waals surface area (Å²) in [4.78, 5) is 13.6. The minimum absolute atomic E-state index is 0. The summed E-state index contributed by atoms with van der Waals surface area (Å²) in [5.74, 6) is 1.25. The number of ether oxygens (including phenoxy) is 1. The Kier molecular flexibility index (Phi) is 9.84. The third kappa shape index (κ3) is 6.36. The van der Waals surface area contributed by atoms with Gasteiger partial charge in [0.15, 0.2) is 6.61 Å². The maximum atomic E-state index is 11.9. The molecule has 0 aliphatic rings. The minimum Gasteiger partial charge on any atom is -0.483 e. The van der Waals surface area contributed by atoms with E-state index in [-0.39, 0.29) is 24.9 Å². The number of nitrogens with zero attached hydrogens (tertiary/aromatic N) is 1. The first-order valence-corrected chi connectivity index (χ1v) is 7.20. The highest BCUT2D eigenvalue weighted by atomic mass is 35.5. The highest BCUT2D eigenvalue weighted by molar-refractivity contribution is 5.85. The summed E-state index contributed by atoms with van der Waals surface area (Å²) in [6.45, 7) is 5.88. The van der Waals surface area contributed by atoms with Gasteiger partial charge in [0.2, 0.25) is 0 Å². The Balaban J connectivity index is 0.00000400. The second-order valence-corrected chi connectivity index (χ2v) is 5.05. The van der Waals surface area contributed by atoms with Crippen LogP contribution < -0.4 is 10.1 Å². The van der Waals surface area contributed by atoms with Crippen LogP contribution in [-0.2, 0) is 4.79 Å². The fourth-order valence-corrected chi connectivity index (χ4v) is 1.89. The Morgan fingerprint density at radius 1 is 1.38 bits per heavy atom. The van der Waals surface area contributed by atoms with Crippen molar-refractivity contribution in [1.29, 1.82) is 0 Å². The van der Waals surface area contributed by atoms with Crippen molar-refractivity contribution in [2.75, 3.05) is 33.8 Å². The molecule has 120 valence electrons. The van der Waals surface area contributed by atoms with Crippen LogP contribution in [0.2, 0.25) is 0 Å². The normalized spacial score (nSPS) is 11.4. The van der Waals surface area contributed by atoms with Crippen LogP contribution in [0, 0.1) is 0 Å². The van der Waals surface area contributed by atoms with Crippen molar-refractivity contribution in [3.8, 4) is 5.75 Å². The fourth-order valence-electron chi connectivity index (χ4n) is 1.89. The van der Waals surface area contributed by atoms with E-state index < -0.39 is 0 Å². The summed E-state index contributed by atoms with van der Waals surface area (Å²) in [6, 6.07) is 7.95. The number of amides is 1. The zero-order chi connectivity index (χ0) is 15.0. The van der Waals surface area contributed by atoms with E-state index >= 15 is 0 Å². The van der Waals surface area contributed by atoms with Crippen molar-refractivity contribution in [3.63, 3.8) is 0 Å². The molecule has 0 aliphatic heterocycles. The van der Waals surface area contributed by atoms with Crippen molar-refractivity contribution in [3.05, 3.63) is 29.8 Å². The number of hydrogen-bond donors (Lipinski definition) is 1. The van der Waals surface area contributed by atoms with Gasteiger partial charge in [-0.3, -0.25) is 4.79 Å². The Labute approximate surface area is 134 Å². The molecule has 1 aromatic carbocycles. The molecule has 0 saturated heterocycles. The molecule has 1 atom stereocenters. The van der Waals surface area contributed by atoms with Crippen molar-refractivity contribution in [2.24, 2.45) is 0 Å². The van der Waals surface area contributed by atoms with Crippen LogP contribution in [0.1, 0.15) is 31.7 Å². The summed E-state index contributed by atoms with van der Waals surface area (Å²) in [5.41, 5.74) is 1.17. The topological polar surface area (TPSA) is 41.6 Å². The average molecular weight is 315 g/mol. The number of hydrogen-bond acceptors (Lipinski definition) is 3. The molecular weight excluding hydrogens is 288 g/mol. The van der Waals surface area contributed by atoms with Gasteiger partial charge in [-0.15, -0.1) is 12.4 Å². The lowest BCUT2D eigenvalue weighted by Crippen LogP contribution is -2.36. The number of rotatable bonds is 8. The molecule has 5 heteroatoms. The number of carbonyl (C=O) groups excluding carboxylic acids is 1. The molecule has 0 bridgehead atoms. The molecule has 21 heavy (non-hydrogen) atoms. The van der Waals surface area contributed by atoms with Crippen LogP contribution in [0.25, 0.3) is 0 Å². The van der Waals surface area contributed by atoms with Gasteiger partial charge in [0.25, 0.3) is 5.91 Å². The molecule has 1 aromatic rings. The molecule has 0 spiro atoms. The van der Waals surface area contributed by atoms with Crippen LogP contribution in [0.3, 0.4) is 0 Å². The van der Waals surface area contributed by atoms with E-state index in [1.54, 1.807) is 11.9 Å². The summed E-state index contributed by atoms with van der Waals surface area (Å²) >= 11 is 0. The number of halogens is 1. The second kappa shape index (κ2) is 10.5. The van der Waals surface area contributed by atoms with Crippen molar-refractivity contribution in [1.82, 2.24) is 10.2 Å².